The Kier molecular flexibility index (Phi) is 7.41. The van der Waals surface area contributed by atoms with E-state index in [1.807, 2.05) is 18.2 Å². The first-order valence-electron chi connectivity index (χ1n) is 9.39. The van der Waals surface area contributed by atoms with Crippen molar-refractivity contribution in [1.29, 1.82) is 0 Å². The molecule has 8 heteroatoms. The number of benzene rings is 1. The molecule has 4 N–H and O–H groups in total. The Hall–Kier alpha value is -3.29. The number of hydrogen-bond acceptors (Lipinski definition) is 7. The van der Waals surface area contributed by atoms with Crippen molar-refractivity contribution in [3.8, 4) is 0 Å². The van der Waals surface area contributed by atoms with E-state index in [1.54, 1.807) is 58.2 Å². The van der Waals surface area contributed by atoms with Gasteiger partial charge in [0.2, 0.25) is 0 Å². The number of nitrogens with one attached hydrogen (secondary N) is 2. The first-order valence-corrected chi connectivity index (χ1v) is 9.39. The summed E-state index contributed by atoms with van der Waals surface area (Å²) in [5.41, 5.74) is 6.35. The van der Waals surface area contributed by atoms with Crippen LogP contribution in [0.3, 0.4) is 0 Å². The summed E-state index contributed by atoms with van der Waals surface area (Å²) in [4.78, 5) is 29.5. The Morgan fingerprint density at radius 1 is 1.14 bits per heavy atom. The van der Waals surface area contributed by atoms with Crippen LogP contribution in [0.5, 0.6) is 0 Å². The van der Waals surface area contributed by atoms with Gasteiger partial charge in [-0.05, 0) is 45.4 Å². The summed E-state index contributed by atoms with van der Waals surface area (Å²) < 4.78 is 10.6. The van der Waals surface area contributed by atoms with Gasteiger partial charge in [0.25, 0.3) is 0 Å². The molecule has 0 aliphatic carbocycles. The fourth-order valence-corrected chi connectivity index (χ4v) is 2.65. The van der Waals surface area contributed by atoms with Crippen LogP contribution in [0.4, 0.5) is 16.3 Å². The molecular formula is C21H28N4O4. The number of carbonyl (C=O) groups excluding carboxylic acids is 2. The van der Waals surface area contributed by atoms with Gasteiger partial charge >= 0.3 is 12.1 Å². The van der Waals surface area contributed by atoms with Gasteiger partial charge in [0.05, 0.1) is 18.3 Å². The first-order chi connectivity index (χ1) is 13.7. The van der Waals surface area contributed by atoms with Gasteiger partial charge in [-0.2, -0.15) is 0 Å². The van der Waals surface area contributed by atoms with Crippen LogP contribution in [0, 0.1) is 0 Å². The Labute approximate surface area is 170 Å². The predicted molar refractivity (Wildman–Crippen MR) is 111 cm³/mol. The summed E-state index contributed by atoms with van der Waals surface area (Å²) >= 11 is 0. The minimum absolute atomic E-state index is 0.183. The number of rotatable bonds is 7. The number of amides is 1. The van der Waals surface area contributed by atoms with E-state index in [9.17, 15) is 9.59 Å². The number of alkyl carbamates (subject to hydrolysis) is 1. The minimum atomic E-state index is -0.984. The van der Waals surface area contributed by atoms with Crippen molar-refractivity contribution in [2.75, 3.05) is 17.7 Å². The molecule has 0 aliphatic heterocycles. The van der Waals surface area contributed by atoms with E-state index in [0.29, 0.717) is 17.1 Å². The van der Waals surface area contributed by atoms with E-state index < -0.39 is 29.7 Å². The lowest BCUT2D eigenvalue weighted by atomic mass is 9.99. The quantitative estimate of drug-likeness (QED) is 0.611. The average Bonchev–Trinajstić information content (AvgIpc) is 2.65. The van der Waals surface area contributed by atoms with Crippen LogP contribution in [-0.2, 0) is 14.3 Å². The zero-order chi connectivity index (χ0) is 21.4. The number of carbonyl (C=O) groups is 2. The number of nitrogen functional groups attached to an aromatic ring is 1. The molecule has 0 radical (unpaired) electrons. The number of aromatic nitrogens is 1. The topological polar surface area (TPSA) is 116 Å². The van der Waals surface area contributed by atoms with Crippen molar-refractivity contribution in [2.24, 2.45) is 0 Å². The van der Waals surface area contributed by atoms with Crippen LogP contribution in [0.2, 0.25) is 0 Å². The molecular weight excluding hydrogens is 372 g/mol. The van der Waals surface area contributed by atoms with E-state index in [0.717, 1.165) is 0 Å². The van der Waals surface area contributed by atoms with Crippen molar-refractivity contribution in [3.05, 3.63) is 54.2 Å². The van der Waals surface area contributed by atoms with Crippen LogP contribution in [0.25, 0.3) is 0 Å². The van der Waals surface area contributed by atoms with Gasteiger partial charge in [0, 0.05) is 6.20 Å². The predicted octanol–water partition coefficient (Wildman–Crippen LogP) is 3.27. The van der Waals surface area contributed by atoms with Gasteiger partial charge in [-0.15, -0.1) is 0 Å². The van der Waals surface area contributed by atoms with Gasteiger partial charge < -0.3 is 25.8 Å². The summed E-state index contributed by atoms with van der Waals surface area (Å²) in [5, 5.41) is 5.79. The Morgan fingerprint density at radius 2 is 1.83 bits per heavy atom. The smallest absolute Gasteiger partial charge is 0.408 e. The second-order valence-electron chi connectivity index (χ2n) is 7.35. The molecule has 0 unspecified atom stereocenters. The van der Waals surface area contributed by atoms with Gasteiger partial charge in [-0.3, -0.25) is 0 Å². The molecule has 0 saturated carbocycles. The highest BCUT2D eigenvalue weighted by Gasteiger charge is 2.34. The highest BCUT2D eigenvalue weighted by molar-refractivity contribution is 5.83. The monoisotopic (exact) mass is 400 g/mol. The molecule has 0 bridgehead atoms. The number of ether oxygens (including phenoxy) is 2. The fourth-order valence-electron chi connectivity index (χ4n) is 2.65. The van der Waals surface area contributed by atoms with E-state index in [-0.39, 0.29) is 6.61 Å². The van der Waals surface area contributed by atoms with Crippen LogP contribution in [0.15, 0.2) is 48.7 Å². The molecule has 2 aromatic rings. The Bertz CT molecular complexity index is 821. The van der Waals surface area contributed by atoms with E-state index in [4.69, 9.17) is 15.2 Å². The molecule has 156 valence electrons. The maximum atomic E-state index is 12.8. The number of anilines is 2. The molecule has 2 atom stereocenters. The molecule has 1 aromatic heterocycles. The standard InChI is InChI=1S/C21H28N4O4/c1-5-28-19(26)17(24-18-15(22)12-9-13-23-18)16(14-10-7-6-8-11-14)25-20(27)29-21(2,3)4/h6-13,16-17H,5,22H2,1-4H3,(H,23,24)(H,25,27)/t16-,17-/m0/s1. The molecule has 1 amide bonds. The first kappa shape index (κ1) is 22.0. The summed E-state index contributed by atoms with van der Waals surface area (Å²) in [6.45, 7) is 7.19. The van der Waals surface area contributed by atoms with Gasteiger partial charge in [-0.25, -0.2) is 14.6 Å². The lowest BCUT2D eigenvalue weighted by Crippen LogP contribution is -2.47. The summed E-state index contributed by atoms with van der Waals surface area (Å²) in [6, 6.07) is 10.7. The minimum Gasteiger partial charge on any atom is -0.464 e. The van der Waals surface area contributed by atoms with Crippen LogP contribution >= 0.6 is 0 Å². The molecule has 0 aliphatic rings. The Balaban J connectivity index is 2.41. The fraction of sp³-hybridized carbons (Fsp3) is 0.381. The molecule has 0 fully saturated rings. The zero-order valence-corrected chi connectivity index (χ0v) is 17.1. The maximum absolute atomic E-state index is 12.8. The summed E-state index contributed by atoms with van der Waals surface area (Å²) in [7, 11) is 0. The lowest BCUT2D eigenvalue weighted by molar-refractivity contribution is -0.144. The highest BCUT2D eigenvalue weighted by atomic mass is 16.6. The number of nitrogens with two attached hydrogens (primary N) is 1. The van der Waals surface area contributed by atoms with Crippen molar-refractivity contribution in [1.82, 2.24) is 10.3 Å². The van der Waals surface area contributed by atoms with Crippen molar-refractivity contribution in [3.63, 3.8) is 0 Å². The molecule has 2 rings (SSSR count). The Morgan fingerprint density at radius 3 is 2.41 bits per heavy atom. The molecule has 8 nitrogen and oxygen atoms in total. The second-order valence-corrected chi connectivity index (χ2v) is 7.35. The average molecular weight is 400 g/mol. The largest absolute Gasteiger partial charge is 0.464 e. The van der Waals surface area contributed by atoms with Crippen LogP contribution in [0.1, 0.15) is 39.3 Å². The number of hydrogen-bond donors (Lipinski definition) is 3. The molecule has 0 saturated heterocycles. The number of nitrogens with zero attached hydrogens (tertiary/aromatic N) is 1. The highest BCUT2D eigenvalue weighted by Crippen LogP contribution is 2.24. The normalized spacial score (nSPS) is 13.1. The van der Waals surface area contributed by atoms with Crippen molar-refractivity contribution >= 4 is 23.6 Å². The third-order valence-corrected chi connectivity index (χ3v) is 3.84. The van der Waals surface area contributed by atoms with E-state index >= 15 is 0 Å². The third kappa shape index (κ3) is 6.67. The van der Waals surface area contributed by atoms with Gasteiger partial charge in [-0.1, -0.05) is 30.3 Å². The number of pyridine rings is 1. The van der Waals surface area contributed by atoms with Crippen LogP contribution < -0.4 is 16.4 Å². The van der Waals surface area contributed by atoms with Crippen LogP contribution in [-0.4, -0.2) is 35.3 Å². The zero-order valence-electron chi connectivity index (χ0n) is 17.1. The van der Waals surface area contributed by atoms with Crippen molar-refractivity contribution in [2.45, 2.75) is 45.4 Å². The van der Waals surface area contributed by atoms with Gasteiger partial charge in [0.15, 0.2) is 6.04 Å². The van der Waals surface area contributed by atoms with E-state index in [2.05, 4.69) is 15.6 Å². The SMILES string of the molecule is CCOC(=O)[C@@H](Nc1ncccc1N)[C@@H](NC(=O)OC(C)(C)C)c1ccccc1. The van der Waals surface area contributed by atoms with E-state index in [1.165, 1.54) is 0 Å². The lowest BCUT2D eigenvalue weighted by Gasteiger charge is -2.29. The number of esters is 1. The van der Waals surface area contributed by atoms with Crippen molar-refractivity contribution < 1.29 is 19.1 Å². The molecule has 1 aromatic carbocycles. The molecule has 29 heavy (non-hydrogen) atoms. The summed E-state index contributed by atoms with van der Waals surface area (Å²) in [6.07, 6.45) is 0.899. The second kappa shape index (κ2) is 9.77. The summed E-state index contributed by atoms with van der Waals surface area (Å²) in [5.74, 6) is -0.236. The van der Waals surface area contributed by atoms with Gasteiger partial charge in [0.1, 0.15) is 11.4 Å². The molecule has 1 heterocycles. The third-order valence-electron chi connectivity index (χ3n) is 3.84. The maximum Gasteiger partial charge on any atom is 0.408 e. The molecule has 0 spiro atoms.